The van der Waals surface area contributed by atoms with Crippen LogP contribution < -0.4 is 0 Å². The van der Waals surface area contributed by atoms with Crippen LogP contribution in [-0.2, 0) is 0 Å². The number of halogens is 1. The highest BCUT2D eigenvalue weighted by Gasteiger charge is 2.34. The van der Waals surface area contributed by atoms with E-state index in [4.69, 9.17) is 0 Å². The van der Waals surface area contributed by atoms with E-state index >= 15 is 0 Å². The Kier molecular flexibility index (Phi) is 3.02. The third-order valence-corrected chi connectivity index (χ3v) is 4.37. The van der Waals surface area contributed by atoms with Gasteiger partial charge in [0.05, 0.1) is 10.5 Å². The van der Waals surface area contributed by atoms with Gasteiger partial charge >= 0.3 is 0 Å². The van der Waals surface area contributed by atoms with E-state index in [-0.39, 0.29) is 28.2 Å². The minimum atomic E-state index is -0.549. The summed E-state index contributed by atoms with van der Waals surface area (Å²) in [6, 6.07) is 6.16. The molecule has 0 saturated heterocycles. The Hall–Kier alpha value is -2.28. The van der Waals surface area contributed by atoms with Gasteiger partial charge in [-0.15, -0.1) is 0 Å². The number of nitrogens with zero attached hydrogens (tertiary/aromatic N) is 2. The Morgan fingerprint density at radius 1 is 1.24 bits per heavy atom. The summed E-state index contributed by atoms with van der Waals surface area (Å²) in [5.41, 5.74) is 0.393. The van der Waals surface area contributed by atoms with Crippen molar-refractivity contribution < 1.29 is 14.5 Å². The van der Waals surface area contributed by atoms with E-state index in [1.54, 1.807) is 25.1 Å². The molecule has 2 aromatic carbocycles. The molecule has 106 valence electrons. The zero-order chi connectivity index (χ0) is 15.3. The number of nitro groups is 1. The number of rotatable bonds is 2. The molecule has 0 bridgehead atoms. The van der Waals surface area contributed by atoms with Crippen molar-refractivity contribution in [2.75, 3.05) is 6.54 Å². The summed E-state index contributed by atoms with van der Waals surface area (Å²) in [4.78, 5) is 36.4. The number of benzene rings is 2. The largest absolute Gasteiger partial charge is 0.284 e. The molecule has 0 aliphatic carbocycles. The summed E-state index contributed by atoms with van der Waals surface area (Å²) in [7, 11) is 0. The van der Waals surface area contributed by atoms with Crippen LogP contribution in [0.15, 0.2) is 28.7 Å². The predicted molar refractivity (Wildman–Crippen MR) is 79.3 cm³/mol. The molecular weight excluding hydrogens is 340 g/mol. The SMILES string of the molecule is CCN1C(=O)c2cccc3c(Br)c([N+](=O)[O-])cc(c23)C1=O. The molecule has 0 spiro atoms. The molecule has 1 aliphatic rings. The molecule has 0 radical (unpaired) electrons. The van der Waals surface area contributed by atoms with Crippen molar-refractivity contribution in [2.45, 2.75) is 6.92 Å². The summed E-state index contributed by atoms with van der Waals surface area (Å²) < 4.78 is 0.277. The minimum Gasteiger partial charge on any atom is -0.275 e. The molecule has 6 nitrogen and oxygen atoms in total. The Morgan fingerprint density at radius 2 is 1.90 bits per heavy atom. The van der Waals surface area contributed by atoms with Gasteiger partial charge in [0.1, 0.15) is 4.47 Å². The van der Waals surface area contributed by atoms with Crippen LogP contribution in [0.4, 0.5) is 5.69 Å². The highest BCUT2D eigenvalue weighted by Crippen LogP contribution is 2.39. The van der Waals surface area contributed by atoms with Crippen LogP contribution in [-0.4, -0.2) is 28.2 Å². The fourth-order valence-corrected chi connectivity index (χ4v) is 3.18. The van der Waals surface area contributed by atoms with E-state index in [1.165, 1.54) is 6.07 Å². The van der Waals surface area contributed by atoms with Crippen LogP contribution in [0.3, 0.4) is 0 Å². The number of imide groups is 1. The van der Waals surface area contributed by atoms with E-state index in [0.29, 0.717) is 16.3 Å². The second-order valence-corrected chi connectivity index (χ2v) is 5.39. The molecule has 0 unspecified atom stereocenters. The van der Waals surface area contributed by atoms with E-state index in [0.717, 1.165) is 4.90 Å². The summed E-state index contributed by atoms with van der Waals surface area (Å²) in [6.45, 7) is 1.91. The molecule has 21 heavy (non-hydrogen) atoms. The Balaban J connectivity index is 2.49. The summed E-state index contributed by atoms with van der Waals surface area (Å²) >= 11 is 3.20. The molecule has 0 N–H and O–H groups in total. The zero-order valence-corrected chi connectivity index (χ0v) is 12.5. The van der Waals surface area contributed by atoms with Crippen molar-refractivity contribution in [3.63, 3.8) is 0 Å². The first-order valence-corrected chi connectivity index (χ1v) is 7.02. The first-order valence-electron chi connectivity index (χ1n) is 6.23. The summed E-state index contributed by atoms with van der Waals surface area (Å²) in [5, 5.41) is 12.1. The number of nitro benzene ring substituents is 1. The van der Waals surface area contributed by atoms with Crippen molar-refractivity contribution in [3.8, 4) is 0 Å². The zero-order valence-electron chi connectivity index (χ0n) is 10.9. The molecule has 2 amide bonds. The van der Waals surface area contributed by atoms with Crippen LogP contribution in [0.1, 0.15) is 27.6 Å². The van der Waals surface area contributed by atoms with Crippen LogP contribution >= 0.6 is 15.9 Å². The summed E-state index contributed by atoms with van der Waals surface area (Å²) in [5.74, 6) is -0.872. The van der Waals surface area contributed by atoms with Gasteiger partial charge in [-0.2, -0.15) is 0 Å². The van der Waals surface area contributed by atoms with Crippen molar-refractivity contribution in [3.05, 3.63) is 50.0 Å². The Labute approximate surface area is 127 Å². The molecule has 0 atom stereocenters. The third kappa shape index (κ3) is 1.77. The van der Waals surface area contributed by atoms with E-state index in [9.17, 15) is 19.7 Å². The van der Waals surface area contributed by atoms with Gasteiger partial charge in [-0.05, 0) is 28.9 Å². The second kappa shape index (κ2) is 4.63. The molecule has 7 heteroatoms. The molecule has 0 saturated carbocycles. The first kappa shape index (κ1) is 13.7. The lowest BCUT2D eigenvalue weighted by atomic mass is 9.93. The van der Waals surface area contributed by atoms with E-state index in [1.807, 2.05) is 0 Å². The van der Waals surface area contributed by atoms with Gasteiger partial charge in [-0.3, -0.25) is 24.6 Å². The maximum Gasteiger partial charge on any atom is 0.284 e. The normalized spacial score (nSPS) is 13.9. The van der Waals surface area contributed by atoms with Crippen LogP contribution in [0.5, 0.6) is 0 Å². The number of hydrogen-bond acceptors (Lipinski definition) is 4. The Morgan fingerprint density at radius 3 is 2.52 bits per heavy atom. The fourth-order valence-electron chi connectivity index (χ4n) is 2.59. The standard InChI is InChI=1S/C14H9BrN2O4/c1-2-16-13(18)8-5-3-4-7-11(8)9(14(16)19)6-10(12(7)15)17(20)21/h3-6H,2H2,1H3. The van der Waals surface area contributed by atoms with Gasteiger partial charge in [0, 0.05) is 28.9 Å². The van der Waals surface area contributed by atoms with Gasteiger partial charge in [-0.25, -0.2) is 0 Å². The minimum absolute atomic E-state index is 0.187. The van der Waals surface area contributed by atoms with Crippen molar-refractivity contribution in [1.29, 1.82) is 0 Å². The fraction of sp³-hybridized carbons (Fsp3) is 0.143. The molecule has 0 fully saturated rings. The third-order valence-electron chi connectivity index (χ3n) is 3.54. The van der Waals surface area contributed by atoms with Gasteiger partial charge in [0.25, 0.3) is 17.5 Å². The second-order valence-electron chi connectivity index (χ2n) is 4.60. The van der Waals surface area contributed by atoms with Crippen LogP contribution in [0, 0.1) is 10.1 Å². The number of carbonyl (C=O) groups excluding carboxylic acids is 2. The lowest BCUT2D eigenvalue weighted by Gasteiger charge is -2.26. The van der Waals surface area contributed by atoms with E-state index in [2.05, 4.69) is 15.9 Å². The van der Waals surface area contributed by atoms with Gasteiger partial charge in [-0.1, -0.05) is 12.1 Å². The van der Waals surface area contributed by atoms with Gasteiger partial charge < -0.3 is 0 Å². The molecule has 2 aromatic rings. The van der Waals surface area contributed by atoms with Crippen molar-refractivity contribution in [2.24, 2.45) is 0 Å². The average Bonchev–Trinajstić information content (AvgIpc) is 2.46. The predicted octanol–water partition coefficient (Wildman–Crippen LogP) is 3.13. The van der Waals surface area contributed by atoms with Crippen molar-refractivity contribution in [1.82, 2.24) is 4.90 Å². The smallest absolute Gasteiger partial charge is 0.275 e. The lowest BCUT2D eigenvalue weighted by Crippen LogP contribution is -2.40. The maximum absolute atomic E-state index is 12.4. The number of amides is 2. The molecule has 1 aliphatic heterocycles. The number of carbonyl (C=O) groups is 2. The summed E-state index contributed by atoms with van der Waals surface area (Å²) in [6.07, 6.45) is 0. The molecule has 0 aromatic heterocycles. The Bertz CT molecular complexity index is 831. The topological polar surface area (TPSA) is 80.5 Å². The van der Waals surface area contributed by atoms with Gasteiger partial charge in [0.15, 0.2) is 0 Å². The molecule has 3 rings (SSSR count). The first-order chi connectivity index (χ1) is 9.97. The van der Waals surface area contributed by atoms with E-state index < -0.39 is 10.8 Å². The maximum atomic E-state index is 12.4. The van der Waals surface area contributed by atoms with Crippen LogP contribution in [0.25, 0.3) is 10.8 Å². The lowest BCUT2D eigenvalue weighted by molar-refractivity contribution is -0.385. The molecule has 1 heterocycles. The van der Waals surface area contributed by atoms with Crippen molar-refractivity contribution >= 4 is 44.2 Å². The number of hydrogen-bond donors (Lipinski definition) is 0. The quantitative estimate of drug-likeness (QED) is 0.474. The van der Waals surface area contributed by atoms with Crippen LogP contribution in [0.2, 0.25) is 0 Å². The van der Waals surface area contributed by atoms with Gasteiger partial charge in [0.2, 0.25) is 0 Å². The monoisotopic (exact) mass is 348 g/mol. The molecular formula is C14H9BrN2O4. The highest BCUT2D eigenvalue weighted by atomic mass is 79.9. The highest BCUT2D eigenvalue weighted by molar-refractivity contribution is 9.10. The average molecular weight is 349 g/mol.